The summed E-state index contributed by atoms with van der Waals surface area (Å²) in [6.45, 7) is 3.27. The van der Waals surface area contributed by atoms with Crippen LogP contribution in [0.4, 0.5) is 5.69 Å². The Hall–Kier alpha value is -1.55. The van der Waals surface area contributed by atoms with Gasteiger partial charge in [-0.2, -0.15) is 0 Å². The Morgan fingerprint density at radius 2 is 1.71 bits per heavy atom. The Morgan fingerprint density at radius 3 is 2.42 bits per heavy atom. The maximum Gasteiger partial charge on any atom is 0.255 e. The largest absolute Gasteiger partial charge is 0.321 e. The molecular formula is C19H20Cl2N2O. The average Bonchev–Trinajstić information content (AvgIpc) is 2.60. The van der Waals surface area contributed by atoms with Crippen LogP contribution in [-0.4, -0.2) is 23.9 Å². The minimum Gasteiger partial charge on any atom is -0.321 e. The normalized spacial score (nSPS) is 15.2. The summed E-state index contributed by atoms with van der Waals surface area (Å²) in [5.41, 5.74) is 2.36. The first kappa shape index (κ1) is 17.3. The van der Waals surface area contributed by atoms with E-state index in [2.05, 4.69) is 10.2 Å². The molecule has 126 valence electrons. The van der Waals surface area contributed by atoms with Crippen molar-refractivity contribution < 1.29 is 4.79 Å². The van der Waals surface area contributed by atoms with E-state index in [-0.39, 0.29) is 5.91 Å². The lowest BCUT2D eigenvalue weighted by atomic mass is 10.1. The van der Waals surface area contributed by atoms with Crippen LogP contribution >= 0.6 is 23.2 Å². The van der Waals surface area contributed by atoms with Crippen molar-refractivity contribution in [2.45, 2.75) is 25.8 Å². The first-order chi connectivity index (χ1) is 11.6. The second-order valence-electron chi connectivity index (χ2n) is 6.11. The summed E-state index contributed by atoms with van der Waals surface area (Å²) in [5.74, 6) is -0.191. The van der Waals surface area contributed by atoms with Gasteiger partial charge in [-0.3, -0.25) is 9.69 Å². The number of likely N-dealkylation sites (tertiary alicyclic amines) is 1. The van der Waals surface area contributed by atoms with Crippen molar-refractivity contribution in [1.82, 2.24) is 4.90 Å². The highest BCUT2D eigenvalue weighted by molar-refractivity contribution is 6.35. The predicted molar refractivity (Wildman–Crippen MR) is 100.0 cm³/mol. The number of nitrogens with zero attached hydrogens (tertiary/aromatic N) is 1. The monoisotopic (exact) mass is 362 g/mol. The number of nitrogens with one attached hydrogen (secondary N) is 1. The molecule has 24 heavy (non-hydrogen) atoms. The fraction of sp³-hybridized carbons (Fsp3) is 0.316. The van der Waals surface area contributed by atoms with Gasteiger partial charge in [0.25, 0.3) is 5.91 Å². The van der Waals surface area contributed by atoms with Gasteiger partial charge in [-0.1, -0.05) is 41.8 Å². The van der Waals surface area contributed by atoms with Crippen molar-refractivity contribution in [3.63, 3.8) is 0 Å². The van der Waals surface area contributed by atoms with E-state index in [1.165, 1.54) is 24.8 Å². The predicted octanol–water partition coefficient (Wildman–Crippen LogP) is 5.23. The molecule has 0 unspecified atom stereocenters. The molecule has 1 amide bonds. The number of piperidine rings is 1. The zero-order valence-electron chi connectivity index (χ0n) is 13.4. The maximum absolute atomic E-state index is 12.4. The quantitative estimate of drug-likeness (QED) is 0.807. The van der Waals surface area contributed by atoms with Gasteiger partial charge in [-0.25, -0.2) is 0 Å². The molecule has 1 N–H and O–H groups in total. The van der Waals surface area contributed by atoms with E-state index in [1.807, 2.05) is 24.3 Å². The summed E-state index contributed by atoms with van der Waals surface area (Å²) in [4.78, 5) is 14.8. The summed E-state index contributed by atoms with van der Waals surface area (Å²) >= 11 is 12.0. The van der Waals surface area contributed by atoms with Crippen LogP contribution in [0.1, 0.15) is 35.2 Å². The molecule has 2 aromatic rings. The van der Waals surface area contributed by atoms with Gasteiger partial charge in [0, 0.05) is 17.1 Å². The van der Waals surface area contributed by atoms with Crippen molar-refractivity contribution in [3.8, 4) is 0 Å². The first-order valence-electron chi connectivity index (χ1n) is 8.19. The van der Waals surface area contributed by atoms with E-state index in [1.54, 1.807) is 18.2 Å². The van der Waals surface area contributed by atoms with Crippen LogP contribution in [0.5, 0.6) is 0 Å². The van der Waals surface area contributed by atoms with Crippen LogP contribution in [-0.2, 0) is 6.54 Å². The van der Waals surface area contributed by atoms with E-state index in [0.29, 0.717) is 21.3 Å². The summed E-state index contributed by atoms with van der Waals surface area (Å²) in [7, 11) is 0. The van der Waals surface area contributed by atoms with E-state index in [4.69, 9.17) is 23.2 Å². The van der Waals surface area contributed by atoms with Gasteiger partial charge in [0.15, 0.2) is 0 Å². The minimum atomic E-state index is -0.191. The summed E-state index contributed by atoms with van der Waals surface area (Å²) < 4.78 is 0. The maximum atomic E-state index is 12.4. The number of carbonyl (C=O) groups is 1. The highest BCUT2D eigenvalue weighted by Crippen LogP contribution is 2.26. The molecule has 5 heteroatoms. The Bertz CT molecular complexity index is 710. The topological polar surface area (TPSA) is 32.3 Å². The number of rotatable bonds is 4. The molecule has 1 saturated heterocycles. The van der Waals surface area contributed by atoms with Crippen molar-refractivity contribution in [1.29, 1.82) is 0 Å². The number of hydrogen-bond acceptors (Lipinski definition) is 2. The third-order valence-corrected chi connectivity index (χ3v) is 4.81. The van der Waals surface area contributed by atoms with Crippen LogP contribution in [0.25, 0.3) is 0 Å². The number of amides is 1. The molecule has 0 radical (unpaired) electrons. The first-order valence-corrected chi connectivity index (χ1v) is 8.95. The van der Waals surface area contributed by atoms with Gasteiger partial charge in [0.2, 0.25) is 0 Å². The van der Waals surface area contributed by atoms with Crippen molar-refractivity contribution >= 4 is 34.8 Å². The third kappa shape index (κ3) is 4.50. The van der Waals surface area contributed by atoms with Gasteiger partial charge in [0.1, 0.15) is 0 Å². The summed E-state index contributed by atoms with van der Waals surface area (Å²) in [6.07, 6.45) is 3.89. The Balaban J connectivity index is 1.64. The molecule has 2 aromatic carbocycles. The Kier molecular flexibility index (Phi) is 5.77. The number of anilines is 1. The molecule has 1 fully saturated rings. The molecule has 0 saturated carbocycles. The van der Waals surface area contributed by atoms with E-state index < -0.39 is 0 Å². The lowest BCUT2D eigenvalue weighted by Gasteiger charge is -2.26. The fourth-order valence-corrected chi connectivity index (χ4v) is 3.26. The lowest BCUT2D eigenvalue weighted by molar-refractivity contribution is 0.102. The second-order valence-corrected chi connectivity index (χ2v) is 6.96. The molecule has 0 atom stereocenters. The molecular weight excluding hydrogens is 343 g/mol. The number of halogens is 2. The average molecular weight is 363 g/mol. The standard InChI is InChI=1S/C19H20Cl2N2O/c20-16-8-9-17(21)18(12-16)22-19(24)15-6-4-14(5-7-15)13-23-10-2-1-3-11-23/h4-9,12H,1-3,10-11,13H2,(H,22,24). The number of carbonyl (C=O) groups excluding carboxylic acids is 1. The van der Waals surface area contributed by atoms with Crippen molar-refractivity contribution in [2.75, 3.05) is 18.4 Å². The fourth-order valence-electron chi connectivity index (χ4n) is 2.93. The summed E-state index contributed by atoms with van der Waals surface area (Å²) in [5, 5.41) is 3.80. The van der Waals surface area contributed by atoms with Crippen LogP contribution < -0.4 is 5.32 Å². The van der Waals surface area contributed by atoms with Gasteiger partial charge in [-0.05, 0) is 61.8 Å². The minimum absolute atomic E-state index is 0.191. The van der Waals surface area contributed by atoms with Crippen LogP contribution in [0.2, 0.25) is 10.0 Å². The molecule has 3 rings (SSSR count). The summed E-state index contributed by atoms with van der Waals surface area (Å²) in [6, 6.07) is 12.7. The molecule has 3 nitrogen and oxygen atoms in total. The van der Waals surface area contributed by atoms with E-state index >= 15 is 0 Å². The molecule has 0 aromatic heterocycles. The van der Waals surface area contributed by atoms with Gasteiger partial charge >= 0.3 is 0 Å². The molecule has 1 heterocycles. The highest BCUT2D eigenvalue weighted by Gasteiger charge is 2.12. The molecule has 1 aliphatic rings. The smallest absolute Gasteiger partial charge is 0.255 e. The zero-order chi connectivity index (χ0) is 16.9. The van der Waals surface area contributed by atoms with Gasteiger partial charge < -0.3 is 5.32 Å². The van der Waals surface area contributed by atoms with Gasteiger partial charge in [0.05, 0.1) is 10.7 Å². The van der Waals surface area contributed by atoms with Crippen LogP contribution in [0.15, 0.2) is 42.5 Å². The van der Waals surface area contributed by atoms with Crippen LogP contribution in [0.3, 0.4) is 0 Å². The Labute approximate surface area is 152 Å². The van der Waals surface area contributed by atoms with Gasteiger partial charge in [-0.15, -0.1) is 0 Å². The SMILES string of the molecule is O=C(Nc1cc(Cl)ccc1Cl)c1ccc(CN2CCCCC2)cc1. The highest BCUT2D eigenvalue weighted by atomic mass is 35.5. The zero-order valence-corrected chi connectivity index (χ0v) is 14.9. The number of benzene rings is 2. The molecule has 1 aliphatic heterocycles. The van der Waals surface area contributed by atoms with Crippen molar-refractivity contribution in [2.24, 2.45) is 0 Å². The molecule has 0 bridgehead atoms. The van der Waals surface area contributed by atoms with Crippen LogP contribution in [0, 0.1) is 0 Å². The number of hydrogen-bond donors (Lipinski definition) is 1. The van der Waals surface area contributed by atoms with E-state index in [0.717, 1.165) is 19.6 Å². The lowest BCUT2D eigenvalue weighted by Crippen LogP contribution is -2.29. The Morgan fingerprint density at radius 1 is 1.00 bits per heavy atom. The van der Waals surface area contributed by atoms with E-state index in [9.17, 15) is 4.79 Å². The van der Waals surface area contributed by atoms with Crippen molar-refractivity contribution in [3.05, 3.63) is 63.6 Å². The molecule has 0 aliphatic carbocycles. The second kappa shape index (κ2) is 8.02. The molecule has 0 spiro atoms. The third-order valence-electron chi connectivity index (χ3n) is 4.25.